The van der Waals surface area contributed by atoms with E-state index in [1.54, 1.807) is 0 Å². The Morgan fingerprint density at radius 3 is 2.45 bits per heavy atom. The summed E-state index contributed by atoms with van der Waals surface area (Å²) >= 11 is 0.688. The Hall–Kier alpha value is -0.730. The van der Waals surface area contributed by atoms with Gasteiger partial charge in [-0.3, -0.25) is 4.55 Å². The van der Waals surface area contributed by atoms with Gasteiger partial charge in [-0.1, -0.05) is 23.0 Å². The zero-order chi connectivity index (χ0) is 16.9. The Morgan fingerprint density at radius 2 is 1.95 bits per heavy atom. The van der Waals surface area contributed by atoms with Crippen molar-refractivity contribution in [1.82, 2.24) is 0 Å². The third kappa shape index (κ3) is 5.48. The van der Waals surface area contributed by atoms with E-state index in [-0.39, 0.29) is 11.5 Å². The number of hydrogen-bond donors (Lipinski definition) is 5. The predicted molar refractivity (Wildman–Crippen MR) is 76.2 cm³/mol. The van der Waals surface area contributed by atoms with E-state index in [1.807, 2.05) is 0 Å². The fourth-order valence-corrected chi connectivity index (χ4v) is 2.91. The van der Waals surface area contributed by atoms with Crippen molar-refractivity contribution in [3.05, 3.63) is 12.7 Å². The minimum absolute atomic E-state index is 0.0230. The maximum absolute atomic E-state index is 10.5. The van der Waals surface area contributed by atoms with Crippen molar-refractivity contribution in [3.63, 3.8) is 0 Å². The third-order valence-corrected chi connectivity index (χ3v) is 4.05. The standard InChI is InChI=1S/C10H17NO9S2/c1-2-3-6(11-20-22(16,17)18)21-10-9(15)8(14)7(13)5(4-12)19-10/h2,5,7-10,12-15H,1,3-4H2,(H,16,17,18)/b11-6+. The normalized spacial score (nSPS) is 33.5. The molecule has 0 bridgehead atoms. The summed E-state index contributed by atoms with van der Waals surface area (Å²) in [6.45, 7) is 2.82. The third-order valence-electron chi connectivity index (χ3n) is 2.65. The summed E-state index contributed by atoms with van der Waals surface area (Å²) in [5.74, 6) is 0. The Balaban J connectivity index is 2.85. The second-order valence-electron chi connectivity index (χ2n) is 4.30. The molecule has 0 aromatic rings. The lowest BCUT2D eigenvalue weighted by Gasteiger charge is -2.39. The van der Waals surface area contributed by atoms with Crippen LogP contribution in [0.2, 0.25) is 0 Å². The van der Waals surface area contributed by atoms with Crippen LogP contribution < -0.4 is 0 Å². The number of oxime groups is 1. The number of thioether (sulfide) groups is 1. The Labute approximate surface area is 131 Å². The molecule has 1 fully saturated rings. The van der Waals surface area contributed by atoms with Gasteiger partial charge in [-0.25, -0.2) is 4.28 Å². The van der Waals surface area contributed by atoms with E-state index in [9.17, 15) is 23.7 Å². The molecule has 22 heavy (non-hydrogen) atoms. The SMILES string of the molecule is C=CC/C(=N\OS(=O)(=O)O)SC1OC(CO)C(O)C(O)C1O. The Kier molecular flexibility index (Phi) is 7.21. The summed E-state index contributed by atoms with van der Waals surface area (Å²) < 4.78 is 38.5. The number of hydrogen-bond acceptors (Lipinski definition) is 10. The lowest BCUT2D eigenvalue weighted by atomic mass is 10.0. The van der Waals surface area contributed by atoms with Crippen molar-refractivity contribution < 1.29 is 42.4 Å². The van der Waals surface area contributed by atoms with Gasteiger partial charge in [-0.15, -0.1) is 6.58 Å². The van der Waals surface area contributed by atoms with Gasteiger partial charge in [0, 0.05) is 6.42 Å². The van der Waals surface area contributed by atoms with Crippen LogP contribution in [0, 0.1) is 0 Å². The molecule has 128 valence electrons. The van der Waals surface area contributed by atoms with Crippen LogP contribution in [-0.4, -0.2) is 74.9 Å². The number of nitrogens with zero attached hydrogens (tertiary/aromatic N) is 1. The van der Waals surface area contributed by atoms with Crippen LogP contribution in [0.5, 0.6) is 0 Å². The number of aliphatic hydroxyl groups is 4. The summed E-state index contributed by atoms with van der Waals surface area (Å²) in [7, 11) is -4.79. The summed E-state index contributed by atoms with van der Waals surface area (Å²) in [5, 5.41) is 41.3. The Morgan fingerprint density at radius 1 is 1.32 bits per heavy atom. The smallest absolute Gasteiger partial charge is 0.394 e. The fraction of sp³-hybridized carbons (Fsp3) is 0.700. The topological polar surface area (TPSA) is 166 Å². The summed E-state index contributed by atoms with van der Waals surface area (Å²) in [6, 6.07) is 0. The van der Waals surface area contributed by atoms with Gasteiger partial charge in [0.05, 0.1) is 6.61 Å². The monoisotopic (exact) mass is 359 g/mol. The van der Waals surface area contributed by atoms with Crippen molar-refractivity contribution in [3.8, 4) is 0 Å². The molecule has 0 aromatic carbocycles. The van der Waals surface area contributed by atoms with Crippen molar-refractivity contribution in [1.29, 1.82) is 0 Å². The van der Waals surface area contributed by atoms with E-state index >= 15 is 0 Å². The molecule has 5 atom stereocenters. The molecule has 1 saturated heterocycles. The first-order valence-corrected chi connectivity index (χ1v) is 8.25. The van der Waals surface area contributed by atoms with Crippen molar-refractivity contribution in [2.24, 2.45) is 5.16 Å². The molecule has 1 aliphatic rings. The average Bonchev–Trinajstić information content (AvgIpc) is 2.44. The predicted octanol–water partition coefficient (Wildman–Crippen LogP) is -1.77. The van der Waals surface area contributed by atoms with Crippen LogP contribution >= 0.6 is 11.8 Å². The minimum Gasteiger partial charge on any atom is -0.394 e. The minimum atomic E-state index is -4.79. The first-order chi connectivity index (χ1) is 10.2. The van der Waals surface area contributed by atoms with Gasteiger partial charge in [0.25, 0.3) is 0 Å². The molecule has 0 spiro atoms. The fourth-order valence-electron chi connectivity index (χ4n) is 1.62. The van der Waals surface area contributed by atoms with E-state index in [2.05, 4.69) is 16.0 Å². The molecule has 5 unspecified atom stereocenters. The second-order valence-corrected chi connectivity index (χ2v) is 6.47. The molecule has 1 aliphatic heterocycles. The zero-order valence-electron chi connectivity index (χ0n) is 11.2. The van der Waals surface area contributed by atoms with Gasteiger partial charge in [0.15, 0.2) is 0 Å². The highest BCUT2D eigenvalue weighted by Gasteiger charge is 2.44. The highest BCUT2D eigenvalue weighted by Crippen LogP contribution is 2.30. The van der Waals surface area contributed by atoms with Crippen LogP contribution in [0.3, 0.4) is 0 Å². The molecule has 0 aromatic heterocycles. The van der Waals surface area contributed by atoms with Crippen LogP contribution in [-0.2, 0) is 19.4 Å². The largest absolute Gasteiger partial charge is 0.466 e. The highest BCUT2D eigenvalue weighted by molar-refractivity contribution is 8.14. The lowest BCUT2D eigenvalue weighted by Crippen LogP contribution is -2.57. The van der Waals surface area contributed by atoms with E-state index in [0.29, 0.717) is 11.8 Å². The van der Waals surface area contributed by atoms with Crippen LogP contribution in [0.4, 0.5) is 0 Å². The van der Waals surface area contributed by atoms with Crippen LogP contribution in [0.15, 0.2) is 17.8 Å². The number of ether oxygens (including phenoxy) is 1. The maximum atomic E-state index is 10.5. The number of aliphatic hydroxyl groups excluding tert-OH is 4. The first-order valence-electron chi connectivity index (χ1n) is 6.00. The highest BCUT2D eigenvalue weighted by atomic mass is 32.3. The van der Waals surface area contributed by atoms with Crippen LogP contribution in [0.1, 0.15) is 6.42 Å². The molecule has 5 N–H and O–H groups in total. The molecule has 0 aliphatic carbocycles. The van der Waals surface area contributed by atoms with Crippen LogP contribution in [0.25, 0.3) is 0 Å². The van der Waals surface area contributed by atoms with Crippen molar-refractivity contribution in [2.45, 2.75) is 36.3 Å². The number of allylic oxidation sites excluding steroid dienone is 1. The first kappa shape index (κ1) is 19.3. The van der Waals surface area contributed by atoms with E-state index in [4.69, 9.17) is 14.4 Å². The quantitative estimate of drug-likeness (QED) is 0.120. The molecule has 0 radical (unpaired) electrons. The lowest BCUT2D eigenvalue weighted by molar-refractivity contribution is -0.205. The van der Waals surface area contributed by atoms with Gasteiger partial charge >= 0.3 is 10.4 Å². The van der Waals surface area contributed by atoms with Gasteiger partial charge in [-0.2, -0.15) is 8.42 Å². The molecule has 0 saturated carbocycles. The summed E-state index contributed by atoms with van der Waals surface area (Å²) in [5.41, 5.74) is -1.15. The van der Waals surface area contributed by atoms with Gasteiger partial charge in [0.1, 0.15) is 34.9 Å². The molecule has 12 heteroatoms. The van der Waals surface area contributed by atoms with E-state index in [0.717, 1.165) is 0 Å². The van der Waals surface area contributed by atoms with Crippen molar-refractivity contribution in [2.75, 3.05) is 6.61 Å². The van der Waals surface area contributed by atoms with Gasteiger partial charge in [0.2, 0.25) is 0 Å². The van der Waals surface area contributed by atoms with E-state index < -0.39 is 46.9 Å². The van der Waals surface area contributed by atoms with Gasteiger partial charge < -0.3 is 25.2 Å². The van der Waals surface area contributed by atoms with Crippen molar-refractivity contribution >= 4 is 27.2 Å². The number of rotatable bonds is 6. The summed E-state index contributed by atoms with van der Waals surface area (Å²) in [6.07, 6.45) is -4.34. The average molecular weight is 359 g/mol. The van der Waals surface area contributed by atoms with Gasteiger partial charge in [-0.05, 0) is 0 Å². The molecule has 1 heterocycles. The molecule has 10 nitrogen and oxygen atoms in total. The zero-order valence-corrected chi connectivity index (χ0v) is 12.9. The molecular weight excluding hydrogens is 342 g/mol. The summed E-state index contributed by atoms with van der Waals surface area (Å²) in [4.78, 5) is 0. The van der Waals surface area contributed by atoms with E-state index in [1.165, 1.54) is 6.08 Å². The second kappa shape index (κ2) is 8.21. The molecule has 1 rings (SSSR count). The molecule has 0 amide bonds. The molecular formula is C10H17NO9S2. The maximum Gasteiger partial charge on any atom is 0.466 e. The Bertz CT molecular complexity index is 507.